The summed E-state index contributed by atoms with van der Waals surface area (Å²) < 4.78 is 37.8. The lowest BCUT2D eigenvalue weighted by Gasteiger charge is -2.20. The van der Waals surface area contributed by atoms with E-state index in [-0.39, 0.29) is 5.41 Å². The summed E-state index contributed by atoms with van der Waals surface area (Å²) in [5.41, 5.74) is 0.0175. The molecule has 0 bridgehead atoms. The summed E-state index contributed by atoms with van der Waals surface area (Å²) in [7, 11) is 0. The summed E-state index contributed by atoms with van der Waals surface area (Å²) >= 11 is 2.10. The van der Waals surface area contributed by atoms with Crippen LogP contribution in [0.3, 0.4) is 0 Å². The van der Waals surface area contributed by atoms with Crippen LogP contribution in [0.2, 0.25) is 0 Å². The van der Waals surface area contributed by atoms with Crippen molar-refractivity contribution in [2.45, 2.75) is 40.8 Å². The van der Waals surface area contributed by atoms with Gasteiger partial charge in [-0.2, -0.15) is 13.2 Å². The van der Waals surface area contributed by atoms with E-state index >= 15 is 0 Å². The fourth-order valence-electron chi connectivity index (χ4n) is 1.06. The molecule has 0 unspecified atom stereocenters. The highest BCUT2D eigenvalue weighted by Crippen LogP contribution is 2.35. The molecule has 0 saturated heterocycles. The van der Waals surface area contributed by atoms with Crippen molar-refractivity contribution in [3.8, 4) is 0 Å². The highest BCUT2D eigenvalue weighted by molar-refractivity contribution is 14.1. The Morgan fingerprint density at radius 3 is 1.73 bits per heavy atom. The van der Waals surface area contributed by atoms with Crippen molar-refractivity contribution in [1.82, 2.24) is 0 Å². The Kier molecular flexibility index (Phi) is 4.89. The molecule has 0 amide bonds. The molecule has 0 heterocycles. The molecule has 0 aliphatic rings. The minimum atomic E-state index is -4.23. The zero-order valence-corrected chi connectivity index (χ0v) is 11.7. The van der Waals surface area contributed by atoms with E-state index in [1.807, 2.05) is 20.8 Å². The molecule has 0 aromatic heterocycles. The first-order chi connectivity index (χ1) is 6.46. The van der Waals surface area contributed by atoms with Gasteiger partial charge in [-0.1, -0.05) is 26.8 Å². The van der Waals surface area contributed by atoms with E-state index in [4.69, 9.17) is 0 Å². The topological polar surface area (TPSA) is 0 Å². The highest BCUT2D eigenvalue weighted by Gasteiger charge is 2.30. The van der Waals surface area contributed by atoms with Gasteiger partial charge in [-0.15, -0.1) is 0 Å². The summed E-state index contributed by atoms with van der Waals surface area (Å²) in [5, 5.41) is 0. The molecule has 0 aromatic rings. The van der Waals surface area contributed by atoms with Crippen molar-refractivity contribution in [2.75, 3.05) is 0 Å². The number of rotatable bonds is 1. The van der Waals surface area contributed by atoms with Crippen molar-refractivity contribution in [3.05, 3.63) is 20.8 Å². The van der Waals surface area contributed by atoms with E-state index in [2.05, 4.69) is 22.6 Å². The first-order valence-electron chi connectivity index (χ1n) is 4.58. The van der Waals surface area contributed by atoms with Gasteiger partial charge in [0.1, 0.15) is 0 Å². The van der Waals surface area contributed by atoms with Gasteiger partial charge >= 0.3 is 6.18 Å². The molecule has 0 aromatic carbocycles. The van der Waals surface area contributed by atoms with Gasteiger partial charge < -0.3 is 0 Å². The molecule has 0 fully saturated rings. The molecule has 0 atom stereocenters. The second-order valence-electron chi connectivity index (χ2n) is 4.57. The molecule has 0 N–H and O–H groups in total. The Bertz CT molecular complexity index is 290. The van der Waals surface area contributed by atoms with E-state index in [0.29, 0.717) is 5.57 Å². The minimum Gasteiger partial charge on any atom is -0.166 e. The summed E-state index contributed by atoms with van der Waals surface area (Å²) in [6.07, 6.45) is -3.02. The minimum absolute atomic E-state index is 0.104. The normalized spacial score (nSPS) is 16.5. The molecule has 0 nitrogen and oxygen atoms in total. The maximum absolute atomic E-state index is 12.3. The second kappa shape index (κ2) is 4.89. The fraction of sp³-hybridized carbons (Fsp3) is 0.636. The lowest BCUT2D eigenvalue weighted by atomic mass is 9.93. The van der Waals surface area contributed by atoms with E-state index in [1.54, 1.807) is 6.92 Å². The average Bonchev–Trinajstić information content (AvgIpc) is 1.99. The number of halogens is 4. The average molecular weight is 332 g/mol. The van der Waals surface area contributed by atoms with Crippen LogP contribution in [0.4, 0.5) is 13.2 Å². The van der Waals surface area contributed by atoms with E-state index in [9.17, 15) is 13.2 Å². The molecular weight excluding hydrogens is 316 g/mol. The van der Waals surface area contributed by atoms with Crippen LogP contribution in [0.5, 0.6) is 0 Å². The molecular formula is C11H16F3I. The number of alkyl halides is 3. The highest BCUT2D eigenvalue weighted by atomic mass is 127. The number of hydrogen-bond donors (Lipinski definition) is 0. The van der Waals surface area contributed by atoms with Gasteiger partial charge in [0.15, 0.2) is 0 Å². The molecule has 0 aliphatic carbocycles. The zero-order chi connectivity index (χ0) is 12.4. The Morgan fingerprint density at radius 1 is 1.07 bits per heavy atom. The first kappa shape index (κ1) is 15.0. The first-order valence-corrected chi connectivity index (χ1v) is 5.66. The summed E-state index contributed by atoms with van der Waals surface area (Å²) in [6, 6.07) is 0. The van der Waals surface area contributed by atoms with Crippen LogP contribution in [0.25, 0.3) is 0 Å². The van der Waals surface area contributed by atoms with E-state index in [0.717, 1.165) is 10.5 Å². The second-order valence-corrected chi connectivity index (χ2v) is 5.65. The van der Waals surface area contributed by atoms with Crippen LogP contribution in [0.15, 0.2) is 20.8 Å². The Hall–Kier alpha value is -0.0000000000000000555. The predicted octanol–water partition coefficient (Wildman–Crippen LogP) is 5.25. The molecule has 0 radical (unpaired) electrons. The maximum atomic E-state index is 12.3. The smallest absolute Gasteiger partial charge is 0.166 e. The quantitative estimate of drug-likeness (QED) is 0.454. The van der Waals surface area contributed by atoms with Crippen molar-refractivity contribution in [3.63, 3.8) is 0 Å². The maximum Gasteiger partial charge on any atom is 0.412 e. The predicted molar refractivity (Wildman–Crippen MR) is 66.0 cm³/mol. The number of hydrogen-bond acceptors (Lipinski definition) is 0. The molecule has 88 valence electrons. The van der Waals surface area contributed by atoms with E-state index < -0.39 is 11.7 Å². The summed E-state index contributed by atoms with van der Waals surface area (Å²) in [4.78, 5) is 0. The van der Waals surface area contributed by atoms with Gasteiger partial charge in [-0.3, -0.25) is 0 Å². The third-order valence-corrected chi connectivity index (χ3v) is 4.35. The van der Waals surface area contributed by atoms with Crippen LogP contribution < -0.4 is 0 Å². The van der Waals surface area contributed by atoms with Gasteiger partial charge in [0.2, 0.25) is 0 Å². The Balaban J connectivity index is 5.14. The van der Waals surface area contributed by atoms with Crippen molar-refractivity contribution >= 4 is 22.6 Å². The van der Waals surface area contributed by atoms with Gasteiger partial charge in [0.05, 0.1) is 0 Å². The van der Waals surface area contributed by atoms with Crippen LogP contribution in [-0.2, 0) is 0 Å². The molecule has 4 heteroatoms. The molecule has 15 heavy (non-hydrogen) atoms. The monoisotopic (exact) mass is 332 g/mol. The lowest BCUT2D eigenvalue weighted by Crippen LogP contribution is -2.10. The van der Waals surface area contributed by atoms with Crippen molar-refractivity contribution < 1.29 is 13.2 Å². The van der Waals surface area contributed by atoms with Gasteiger partial charge in [-0.05, 0) is 51.0 Å². The van der Waals surface area contributed by atoms with Crippen LogP contribution in [-0.4, -0.2) is 6.18 Å². The Labute approximate surface area is 103 Å². The van der Waals surface area contributed by atoms with Crippen molar-refractivity contribution in [2.24, 2.45) is 5.41 Å². The van der Waals surface area contributed by atoms with Gasteiger partial charge in [-0.25, -0.2) is 0 Å². The van der Waals surface area contributed by atoms with Crippen molar-refractivity contribution in [1.29, 1.82) is 0 Å². The van der Waals surface area contributed by atoms with Crippen LogP contribution in [0.1, 0.15) is 34.6 Å². The third kappa shape index (κ3) is 5.04. The zero-order valence-electron chi connectivity index (χ0n) is 9.59. The lowest BCUT2D eigenvalue weighted by molar-refractivity contribution is -0.0913. The molecule has 0 rings (SSSR count). The number of allylic oxidation sites excluding steroid dienone is 4. The third-order valence-electron chi connectivity index (χ3n) is 1.88. The summed E-state index contributed by atoms with van der Waals surface area (Å²) in [5.74, 6) is 0. The Morgan fingerprint density at radius 2 is 1.47 bits per heavy atom. The summed E-state index contributed by atoms with van der Waals surface area (Å²) in [6.45, 7) is 8.75. The van der Waals surface area contributed by atoms with Gasteiger partial charge in [0, 0.05) is 5.57 Å². The largest absolute Gasteiger partial charge is 0.412 e. The van der Waals surface area contributed by atoms with Gasteiger partial charge in [0.25, 0.3) is 0 Å². The molecule has 0 saturated carbocycles. The molecule has 0 aliphatic heterocycles. The molecule has 0 spiro atoms. The standard InChI is InChI=1S/C11H16F3I/c1-7(9(15)10(3,4)5)6-8(2)11(12,13)14/h6H,1-5H3/b8-6+,9-7+. The SMILES string of the molecule is C/C(=C\C(C)=C(\I)C(C)(C)C)C(F)(F)F. The fourth-order valence-corrected chi connectivity index (χ4v) is 1.22. The van der Waals surface area contributed by atoms with Crippen LogP contribution >= 0.6 is 22.6 Å². The van der Waals surface area contributed by atoms with Crippen LogP contribution in [0, 0.1) is 5.41 Å². The van der Waals surface area contributed by atoms with E-state index in [1.165, 1.54) is 6.08 Å².